The minimum atomic E-state index is -0.129. The van der Waals surface area contributed by atoms with Crippen molar-refractivity contribution < 1.29 is 14.3 Å². The van der Waals surface area contributed by atoms with E-state index in [1.54, 1.807) is 6.07 Å². The van der Waals surface area contributed by atoms with Gasteiger partial charge in [0.15, 0.2) is 0 Å². The van der Waals surface area contributed by atoms with Crippen LogP contribution in [-0.4, -0.2) is 44.7 Å². The number of benzene rings is 2. The third-order valence-electron chi connectivity index (χ3n) is 7.30. The zero-order valence-electron chi connectivity index (χ0n) is 21.6. The fourth-order valence-corrected chi connectivity index (χ4v) is 5.04. The lowest BCUT2D eigenvalue weighted by Crippen LogP contribution is -2.35. The zero-order valence-corrected chi connectivity index (χ0v) is 21.6. The van der Waals surface area contributed by atoms with E-state index in [2.05, 4.69) is 58.9 Å². The Morgan fingerprint density at radius 2 is 1.92 bits per heavy atom. The van der Waals surface area contributed by atoms with E-state index >= 15 is 0 Å². The minimum absolute atomic E-state index is 0.0302. The summed E-state index contributed by atoms with van der Waals surface area (Å²) < 4.78 is 5.50. The molecule has 0 aromatic heterocycles. The number of nitrogens with one attached hydrogen (secondary N) is 2. The Morgan fingerprint density at radius 1 is 1.19 bits per heavy atom. The highest BCUT2D eigenvalue weighted by molar-refractivity contribution is 5.93. The van der Waals surface area contributed by atoms with Gasteiger partial charge in [0.25, 0.3) is 0 Å². The molecule has 4 rings (SSSR count). The Labute approximate surface area is 214 Å². The van der Waals surface area contributed by atoms with E-state index in [0.717, 1.165) is 44.6 Å². The Hall–Kier alpha value is -3.37. The van der Waals surface area contributed by atoms with E-state index in [-0.39, 0.29) is 17.9 Å². The van der Waals surface area contributed by atoms with Gasteiger partial charge in [0.2, 0.25) is 12.3 Å². The first kappa shape index (κ1) is 27.2. The van der Waals surface area contributed by atoms with Crippen LogP contribution in [-0.2, 0) is 14.3 Å². The zero-order chi connectivity index (χ0) is 25.9. The molecular formula is C29H38N4O3. The predicted molar refractivity (Wildman–Crippen MR) is 143 cm³/mol. The smallest absolute Gasteiger partial charge is 0.230 e. The van der Waals surface area contributed by atoms with Crippen LogP contribution in [0.3, 0.4) is 0 Å². The molecule has 7 heteroatoms. The number of rotatable bonds is 7. The summed E-state index contributed by atoms with van der Waals surface area (Å²) in [5, 5.41) is 15.1. The maximum absolute atomic E-state index is 12.5. The quantitative estimate of drug-likeness (QED) is 0.549. The normalized spacial score (nSPS) is 20.4. The fraction of sp³-hybridized carbons (Fsp3) is 0.483. The number of hydrogen-bond acceptors (Lipinski definition) is 5. The largest absolute Gasteiger partial charge is 0.378 e. The molecule has 0 saturated carbocycles. The molecule has 2 aromatic rings. The van der Waals surface area contributed by atoms with Gasteiger partial charge in [0, 0.05) is 31.9 Å². The Kier molecular flexibility index (Phi) is 10.3. The summed E-state index contributed by atoms with van der Waals surface area (Å²) in [4.78, 5) is 24.1. The molecule has 0 spiro atoms. The number of nitriles is 1. The lowest BCUT2D eigenvalue weighted by molar-refractivity contribution is -0.121. The molecule has 3 atom stereocenters. The van der Waals surface area contributed by atoms with Gasteiger partial charge in [0.1, 0.15) is 6.07 Å². The van der Waals surface area contributed by atoms with E-state index in [1.807, 2.05) is 26.0 Å². The molecule has 2 unspecified atom stereocenters. The van der Waals surface area contributed by atoms with E-state index < -0.39 is 0 Å². The monoisotopic (exact) mass is 490 g/mol. The van der Waals surface area contributed by atoms with Gasteiger partial charge in [-0.05, 0) is 68.7 Å². The minimum Gasteiger partial charge on any atom is -0.378 e. The molecule has 2 fully saturated rings. The van der Waals surface area contributed by atoms with E-state index in [1.165, 1.54) is 5.56 Å². The van der Waals surface area contributed by atoms with Crippen LogP contribution < -0.4 is 15.5 Å². The highest BCUT2D eigenvalue weighted by Crippen LogP contribution is 2.35. The van der Waals surface area contributed by atoms with Gasteiger partial charge in [-0.1, -0.05) is 37.3 Å². The molecule has 2 N–H and O–H groups in total. The molecule has 192 valence electrons. The molecular weight excluding hydrogens is 452 g/mol. The number of hydrogen-bond donors (Lipinski definition) is 2. The van der Waals surface area contributed by atoms with Gasteiger partial charge in [-0.25, -0.2) is 0 Å². The Morgan fingerprint density at radius 3 is 2.47 bits per heavy atom. The molecule has 7 nitrogen and oxygen atoms in total. The number of nitrogens with zero attached hydrogens (tertiary/aromatic N) is 2. The number of carbonyl (C=O) groups is 2. The molecule has 2 aromatic carbocycles. The van der Waals surface area contributed by atoms with E-state index in [0.29, 0.717) is 36.1 Å². The first-order valence-corrected chi connectivity index (χ1v) is 12.9. The van der Waals surface area contributed by atoms with Gasteiger partial charge in [-0.3, -0.25) is 9.59 Å². The van der Waals surface area contributed by atoms with Crippen molar-refractivity contribution in [2.75, 3.05) is 36.5 Å². The van der Waals surface area contributed by atoms with Crippen LogP contribution in [0.15, 0.2) is 48.5 Å². The second kappa shape index (κ2) is 13.6. The maximum Gasteiger partial charge on any atom is 0.230 e. The first-order chi connectivity index (χ1) is 17.5. The van der Waals surface area contributed by atoms with Crippen LogP contribution in [0, 0.1) is 23.2 Å². The Balaban J connectivity index is 0.000000658. The topological polar surface area (TPSA) is 94.5 Å². The molecule has 0 bridgehead atoms. The molecule has 2 saturated heterocycles. The molecule has 2 amide bonds. The molecule has 36 heavy (non-hydrogen) atoms. The lowest BCUT2D eigenvalue weighted by Gasteiger charge is -2.36. The number of piperidine rings is 1. The van der Waals surface area contributed by atoms with Gasteiger partial charge < -0.3 is 20.3 Å². The van der Waals surface area contributed by atoms with Gasteiger partial charge in [-0.15, -0.1) is 0 Å². The summed E-state index contributed by atoms with van der Waals surface area (Å²) in [5.41, 5.74) is 3.66. The summed E-state index contributed by atoms with van der Waals surface area (Å²) in [6.45, 7) is 9.37. The van der Waals surface area contributed by atoms with Crippen LogP contribution >= 0.6 is 0 Å². The highest BCUT2D eigenvalue weighted by atomic mass is 16.5. The summed E-state index contributed by atoms with van der Waals surface area (Å²) in [6, 6.07) is 18.7. The molecule has 0 aliphatic carbocycles. The van der Waals surface area contributed by atoms with Crippen LogP contribution in [0.4, 0.5) is 11.4 Å². The summed E-state index contributed by atoms with van der Waals surface area (Å²) in [5.74, 6) is 1.03. The van der Waals surface area contributed by atoms with Crippen LogP contribution in [0.2, 0.25) is 0 Å². The van der Waals surface area contributed by atoms with E-state index in [4.69, 9.17) is 4.74 Å². The fourth-order valence-electron chi connectivity index (χ4n) is 5.04. The molecule has 0 radical (unpaired) electrons. The predicted octanol–water partition coefficient (Wildman–Crippen LogP) is 4.69. The van der Waals surface area contributed by atoms with Crippen molar-refractivity contribution in [2.45, 2.75) is 52.1 Å². The SMILES string of the molecule is CC(c1ccccc1)C1CCN(c2ccc(NC(=O)C3CCO[C@@H]3C)cc2C#N)CC1.CCNC=O. The molecule has 2 heterocycles. The van der Waals surface area contributed by atoms with Crippen molar-refractivity contribution in [1.29, 1.82) is 5.26 Å². The second-order valence-electron chi connectivity index (χ2n) is 9.50. The van der Waals surface area contributed by atoms with Crippen molar-refractivity contribution in [2.24, 2.45) is 11.8 Å². The summed E-state index contributed by atoms with van der Waals surface area (Å²) >= 11 is 0. The van der Waals surface area contributed by atoms with Crippen LogP contribution in [0.25, 0.3) is 0 Å². The Bertz CT molecular complexity index is 1030. The van der Waals surface area contributed by atoms with Crippen molar-refractivity contribution in [3.05, 3.63) is 59.7 Å². The third kappa shape index (κ3) is 7.08. The molecule has 2 aliphatic heterocycles. The van der Waals surface area contributed by atoms with Gasteiger partial charge in [-0.2, -0.15) is 5.26 Å². The summed E-state index contributed by atoms with van der Waals surface area (Å²) in [6.07, 6.45) is 3.58. The van der Waals surface area contributed by atoms with Crippen LogP contribution in [0.5, 0.6) is 0 Å². The number of carbonyl (C=O) groups excluding carboxylic acids is 2. The third-order valence-corrected chi connectivity index (χ3v) is 7.30. The lowest BCUT2D eigenvalue weighted by atomic mass is 9.81. The van der Waals surface area contributed by atoms with Crippen molar-refractivity contribution in [3.63, 3.8) is 0 Å². The van der Waals surface area contributed by atoms with E-state index in [9.17, 15) is 14.9 Å². The van der Waals surface area contributed by atoms with Crippen molar-refractivity contribution in [3.8, 4) is 6.07 Å². The van der Waals surface area contributed by atoms with Crippen molar-refractivity contribution >= 4 is 23.7 Å². The number of ether oxygens (including phenoxy) is 1. The van der Waals surface area contributed by atoms with Crippen molar-refractivity contribution in [1.82, 2.24) is 5.32 Å². The molecule has 2 aliphatic rings. The van der Waals surface area contributed by atoms with Crippen LogP contribution in [0.1, 0.15) is 57.1 Å². The maximum atomic E-state index is 12.5. The average molecular weight is 491 g/mol. The average Bonchev–Trinajstić information content (AvgIpc) is 3.35. The standard InChI is InChI=1S/C26H31N3O2.C3H7NO/c1-18(20-6-4-3-5-7-20)21-10-13-29(14-11-21)25-9-8-23(16-22(25)17-27)28-26(30)24-12-15-31-19(24)2;1-2-4-3-5/h3-9,16,18-19,21,24H,10-15H2,1-2H3,(H,28,30);3H,2H2,1H3,(H,4,5)/t18?,19-,24?;/m1./s1. The highest BCUT2D eigenvalue weighted by Gasteiger charge is 2.31. The number of anilines is 2. The summed E-state index contributed by atoms with van der Waals surface area (Å²) in [7, 11) is 0. The number of amides is 2. The first-order valence-electron chi connectivity index (χ1n) is 12.9. The second-order valence-corrected chi connectivity index (χ2v) is 9.50. The van der Waals surface area contributed by atoms with Gasteiger partial charge in [0.05, 0.1) is 23.3 Å². The van der Waals surface area contributed by atoms with Gasteiger partial charge >= 0.3 is 0 Å².